The molecule has 0 fully saturated rings. The molecule has 88 valence electrons. The number of phenolic OH excluding ortho intramolecular Hbond substituents is 1. The van der Waals surface area contributed by atoms with Crippen molar-refractivity contribution in [2.24, 2.45) is 0 Å². The van der Waals surface area contributed by atoms with Crippen molar-refractivity contribution in [3.63, 3.8) is 0 Å². The van der Waals surface area contributed by atoms with Gasteiger partial charge in [0, 0.05) is 11.5 Å². The largest absolute Gasteiger partial charge is 0.508 e. The Morgan fingerprint density at radius 1 is 1.29 bits per heavy atom. The van der Waals surface area contributed by atoms with Crippen molar-refractivity contribution in [1.29, 1.82) is 0 Å². The third-order valence-corrected chi connectivity index (χ3v) is 2.38. The van der Waals surface area contributed by atoms with Crippen molar-refractivity contribution >= 4 is 16.7 Å². The Hall–Kier alpha value is -2.23. The Morgan fingerprint density at radius 2 is 2.06 bits per heavy atom. The first-order chi connectivity index (χ1) is 8.20. The Kier molecular flexibility index (Phi) is 3.14. The first kappa shape index (κ1) is 11.3. The smallest absolute Gasteiger partial charge is 0.343 e. The number of hydrogen-bond donors (Lipinski definition) is 1. The van der Waals surface area contributed by atoms with Gasteiger partial charge in [-0.25, -0.2) is 4.79 Å². The van der Waals surface area contributed by atoms with E-state index in [1.165, 1.54) is 13.2 Å². The van der Waals surface area contributed by atoms with E-state index < -0.39 is 5.97 Å². The fraction of sp³-hybridized carbons (Fsp3) is 0.154. The van der Waals surface area contributed by atoms with Crippen LogP contribution in [-0.4, -0.2) is 24.8 Å². The molecule has 0 aliphatic heterocycles. The second-order valence-corrected chi connectivity index (χ2v) is 3.53. The molecule has 0 spiro atoms. The number of benzene rings is 2. The number of carbonyl (C=O) groups excluding carboxylic acids is 1. The van der Waals surface area contributed by atoms with Gasteiger partial charge in [-0.3, -0.25) is 0 Å². The topological polar surface area (TPSA) is 55.8 Å². The van der Waals surface area contributed by atoms with Crippen molar-refractivity contribution in [2.45, 2.75) is 0 Å². The summed E-state index contributed by atoms with van der Waals surface area (Å²) in [5, 5.41) is 11.2. The van der Waals surface area contributed by atoms with Crippen molar-refractivity contribution in [3.8, 4) is 11.5 Å². The Balaban J connectivity index is 2.35. The molecule has 0 aliphatic rings. The van der Waals surface area contributed by atoms with Gasteiger partial charge in [0.15, 0.2) is 6.61 Å². The minimum absolute atomic E-state index is 0.101. The van der Waals surface area contributed by atoms with E-state index in [4.69, 9.17) is 4.74 Å². The van der Waals surface area contributed by atoms with Crippen LogP contribution in [0.4, 0.5) is 0 Å². The fourth-order valence-corrected chi connectivity index (χ4v) is 1.58. The second kappa shape index (κ2) is 4.74. The van der Waals surface area contributed by atoms with E-state index in [1.54, 1.807) is 6.07 Å². The predicted molar refractivity (Wildman–Crippen MR) is 63.1 cm³/mol. The van der Waals surface area contributed by atoms with E-state index >= 15 is 0 Å². The van der Waals surface area contributed by atoms with E-state index in [1.807, 2.05) is 24.3 Å². The Bertz CT molecular complexity index is 548. The van der Waals surface area contributed by atoms with Crippen LogP contribution in [0.25, 0.3) is 10.8 Å². The molecule has 4 heteroatoms. The maximum Gasteiger partial charge on any atom is 0.343 e. The van der Waals surface area contributed by atoms with Crippen LogP contribution in [0.2, 0.25) is 0 Å². The molecule has 0 heterocycles. The van der Waals surface area contributed by atoms with E-state index in [0.29, 0.717) is 5.75 Å². The average Bonchev–Trinajstić information content (AvgIpc) is 2.35. The molecule has 17 heavy (non-hydrogen) atoms. The number of esters is 1. The molecule has 0 radical (unpaired) electrons. The summed E-state index contributed by atoms with van der Waals surface area (Å²) < 4.78 is 9.81. The molecule has 0 saturated heterocycles. The molecule has 2 rings (SSSR count). The summed E-state index contributed by atoms with van der Waals surface area (Å²) in [6, 6.07) is 10.6. The maximum atomic E-state index is 11.0. The van der Waals surface area contributed by atoms with Crippen LogP contribution in [0.1, 0.15) is 0 Å². The highest BCUT2D eigenvalue weighted by atomic mass is 16.6. The van der Waals surface area contributed by atoms with Gasteiger partial charge in [-0.05, 0) is 11.5 Å². The van der Waals surface area contributed by atoms with Gasteiger partial charge in [-0.1, -0.05) is 24.3 Å². The number of phenols is 1. The zero-order chi connectivity index (χ0) is 12.3. The summed E-state index contributed by atoms with van der Waals surface area (Å²) in [4.78, 5) is 11.0. The van der Waals surface area contributed by atoms with Crippen LogP contribution < -0.4 is 4.74 Å². The molecule has 0 atom stereocenters. The summed E-state index contributed by atoms with van der Waals surface area (Å²) >= 11 is 0. The lowest BCUT2D eigenvalue weighted by Gasteiger charge is -2.09. The van der Waals surface area contributed by atoms with E-state index in [0.717, 1.165) is 10.8 Å². The van der Waals surface area contributed by atoms with Crippen LogP contribution in [0.15, 0.2) is 36.4 Å². The number of hydrogen-bond acceptors (Lipinski definition) is 4. The summed E-state index contributed by atoms with van der Waals surface area (Å²) in [6.45, 7) is -0.177. The van der Waals surface area contributed by atoms with Gasteiger partial charge in [0.1, 0.15) is 11.5 Å². The number of aromatic hydroxyl groups is 1. The predicted octanol–water partition coefficient (Wildman–Crippen LogP) is 2.10. The fourth-order valence-electron chi connectivity index (χ4n) is 1.58. The SMILES string of the molecule is COC(=O)COc1cc(O)cc2ccccc12. The van der Waals surface area contributed by atoms with Crippen molar-refractivity contribution in [3.05, 3.63) is 36.4 Å². The summed E-state index contributed by atoms with van der Waals surface area (Å²) in [5.41, 5.74) is 0. The first-order valence-corrected chi connectivity index (χ1v) is 5.12. The second-order valence-electron chi connectivity index (χ2n) is 3.53. The highest BCUT2D eigenvalue weighted by Gasteiger charge is 2.07. The number of fused-ring (bicyclic) bond motifs is 1. The minimum atomic E-state index is -0.461. The molecule has 2 aromatic carbocycles. The lowest BCUT2D eigenvalue weighted by molar-refractivity contribution is -0.142. The summed E-state index contributed by atoms with van der Waals surface area (Å²) in [7, 11) is 1.30. The molecule has 4 nitrogen and oxygen atoms in total. The number of carbonyl (C=O) groups is 1. The summed E-state index contributed by atoms with van der Waals surface area (Å²) in [5.74, 6) is 0.104. The van der Waals surface area contributed by atoms with Crippen LogP contribution in [0, 0.1) is 0 Å². The molecular formula is C13H12O4. The van der Waals surface area contributed by atoms with Gasteiger partial charge in [0.25, 0.3) is 0 Å². The first-order valence-electron chi connectivity index (χ1n) is 5.12. The standard InChI is InChI=1S/C13H12O4/c1-16-13(15)8-17-12-7-10(14)6-9-4-2-3-5-11(9)12/h2-7,14H,8H2,1H3. The van der Waals surface area contributed by atoms with E-state index in [-0.39, 0.29) is 12.4 Å². The van der Waals surface area contributed by atoms with Crippen LogP contribution in [0.5, 0.6) is 11.5 Å². The van der Waals surface area contributed by atoms with Crippen molar-refractivity contribution in [1.82, 2.24) is 0 Å². The Morgan fingerprint density at radius 3 is 2.82 bits per heavy atom. The minimum Gasteiger partial charge on any atom is -0.508 e. The maximum absolute atomic E-state index is 11.0. The highest BCUT2D eigenvalue weighted by Crippen LogP contribution is 2.30. The third kappa shape index (κ3) is 2.47. The molecule has 0 unspecified atom stereocenters. The highest BCUT2D eigenvalue weighted by molar-refractivity contribution is 5.90. The molecule has 0 aliphatic carbocycles. The van der Waals surface area contributed by atoms with Gasteiger partial charge >= 0.3 is 5.97 Å². The zero-order valence-corrected chi connectivity index (χ0v) is 9.34. The van der Waals surface area contributed by atoms with Crippen LogP contribution in [0.3, 0.4) is 0 Å². The quantitative estimate of drug-likeness (QED) is 0.823. The molecular weight excluding hydrogens is 220 g/mol. The monoisotopic (exact) mass is 232 g/mol. The molecule has 1 N–H and O–H groups in total. The van der Waals surface area contributed by atoms with Gasteiger partial charge in [0.2, 0.25) is 0 Å². The molecule has 2 aromatic rings. The third-order valence-electron chi connectivity index (χ3n) is 2.38. The van der Waals surface area contributed by atoms with Crippen LogP contribution >= 0.6 is 0 Å². The Labute approximate surface area is 98.4 Å². The van der Waals surface area contributed by atoms with Gasteiger partial charge in [-0.15, -0.1) is 0 Å². The lowest BCUT2D eigenvalue weighted by Crippen LogP contribution is -2.12. The number of ether oxygens (including phenoxy) is 2. The average molecular weight is 232 g/mol. The number of methoxy groups -OCH3 is 1. The molecule has 0 aromatic heterocycles. The van der Waals surface area contributed by atoms with Crippen molar-refractivity contribution in [2.75, 3.05) is 13.7 Å². The van der Waals surface area contributed by atoms with E-state index in [2.05, 4.69) is 4.74 Å². The molecule has 0 amide bonds. The normalized spacial score (nSPS) is 10.2. The van der Waals surface area contributed by atoms with Gasteiger partial charge < -0.3 is 14.6 Å². The van der Waals surface area contributed by atoms with E-state index in [9.17, 15) is 9.90 Å². The van der Waals surface area contributed by atoms with Crippen LogP contribution in [-0.2, 0) is 9.53 Å². The van der Waals surface area contributed by atoms with Gasteiger partial charge in [-0.2, -0.15) is 0 Å². The number of rotatable bonds is 3. The van der Waals surface area contributed by atoms with Gasteiger partial charge in [0.05, 0.1) is 7.11 Å². The molecule has 0 bridgehead atoms. The molecule has 0 saturated carbocycles. The summed E-state index contributed by atoms with van der Waals surface area (Å²) in [6.07, 6.45) is 0. The van der Waals surface area contributed by atoms with Crippen molar-refractivity contribution < 1.29 is 19.4 Å². The lowest BCUT2D eigenvalue weighted by atomic mass is 10.1. The zero-order valence-electron chi connectivity index (χ0n) is 9.34.